The van der Waals surface area contributed by atoms with Crippen molar-refractivity contribution in [2.24, 2.45) is 27.2 Å². The van der Waals surface area contributed by atoms with E-state index in [1.54, 1.807) is 0 Å². The fraction of sp³-hybridized carbons (Fsp3) is 0. The topological polar surface area (TPSA) is 194 Å². The fourth-order valence-corrected chi connectivity index (χ4v) is 1.73. The zero-order valence-electron chi connectivity index (χ0n) is 9.89. The predicted molar refractivity (Wildman–Crippen MR) is 70.3 cm³/mol. The van der Waals surface area contributed by atoms with Crippen molar-refractivity contribution in [3.05, 3.63) is 23.8 Å². The van der Waals surface area contributed by atoms with Crippen LogP contribution in [-0.4, -0.2) is 36.0 Å². The first-order valence-corrected chi connectivity index (χ1v) is 6.34. The van der Waals surface area contributed by atoms with Crippen LogP contribution < -0.4 is 17.2 Å². The Morgan fingerprint density at radius 3 is 2.25 bits per heavy atom. The summed E-state index contributed by atoms with van der Waals surface area (Å²) in [6.45, 7) is 0. The Labute approximate surface area is 113 Å². The van der Waals surface area contributed by atoms with Crippen molar-refractivity contribution in [1.82, 2.24) is 0 Å². The van der Waals surface area contributed by atoms with Crippen molar-refractivity contribution in [3.8, 4) is 0 Å². The van der Waals surface area contributed by atoms with E-state index < -0.39 is 32.9 Å². The van der Waals surface area contributed by atoms with E-state index in [2.05, 4.69) is 9.98 Å². The van der Waals surface area contributed by atoms with Crippen molar-refractivity contribution >= 4 is 33.7 Å². The van der Waals surface area contributed by atoms with Crippen LogP contribution in [0.25, 0.3) is 0 Å². The molecule has 0 amide bonds. The highest BCUT2D eigenvalue weighted by Crippen LogP contribution is 2.23. The van der Waals surface area contributed by atoms with Gasteiger partial charge in [0.05, 0.1) is 16.1 Å². The van der Waals surface area contributed by atoms with Crippen LogP contribution in [0, 0.1) is 0 Å². The highest BCUT2D eigenvalue weighted by atomic mass is 32.2. The van der Waals surface area contributed by atoms with Crippen molar-refractivity contribution in [2.45, 2.75) is 4.90 Å². The molecule has 20 heavy (non-hydrogen) atoms. The van der Waals surface area contributed by atoms with E-state index in [0.717, 1.165) is 18.2 Å². The largest absolute Gasteiger partial charge is 0.478 e. The minimum Gasteiger partial charge on any atom is -0.478 e. The number of nitrogens with zero attached hydrogens (tertiary/aromatic N) is 2. The van der Waals surface area contributed by atoms with Gasteiger partial charge in [-0.15, -0.1) is 0 Å². The summed E-state index contributed by atoms with van der Waals surface area (Å²) in [5.74, 6) is -2.25. The summed E-state index contributed by atoms with van der Waals surface area (Å²) in [5, 5.41) is 8.95. The maximum atomic E-state index is 11.0. The smallest absolute Gasteiger partial charge is 0.337 e. The van der Waals surface area contributed by atoms with E-state index >= 15 is 0 Å². The first-order valence-electron chi connectivity index (χ1n) is 4.90. The van der Waals surface area contributed by atoms with Crippen LogP contribution in [0.5, 0.6) is 0 Å². The lowest BCUT2D eigenvalue weighted by atomic mass is 10.2. The molecule has 0 heterocycles. The molecule has 11 heteroatoms. The molecule has 0 aliphatic carbocycles. The quantitative estimate of drug-likeness (QED) is 0.262. The van der Waals surface area contributed by atoms with E-state index in [-0.39, 0.29) is 11.3 Å². The highest BCUT2D eigenvalue weighted by Gasteiger charge is 2.16. The van der Waals surface area contributed by atoms with Crippen LogP contribution in [0.15, 0.2) is 33.1 Å². The molecule has 0 aromatic heterocycles. The molecular weight excluding hydrogens is 290 g/mol. The van der Waals surface area contributed by atoms with E-state index in [4.69, 9.17) is 26.9 Å². The van der Waals surface area contributed by atoms with Gasteiger partial charge in [0.25, 0.3) is 10.1 Å². The van der Waals surface area contributed by atoms with Gasteiger partial charge in [-0.2, -0.15) is 13.4 Å². The van der Waals surface area contributed by atoms with Crippen molar-refractivity contribution in [1.29, 1.82) is 0 Å². The van der Waals surface area contributed by atoms with Gasteiger partial charge in [-0.1, -0.05) is 0 Å². The van der Waals surface area contributed by atoms with Gasteiger partial charge < -0.3 is 22.3 Å². The van der Waals surface area contributed by atoms with Gasteiger partial charge in [0.2, 0.25) is 5.96 Å². The Morgan fingerprint density at radius 1 is 1.20 bits per heavy atom. The first-order chi connectivity index (χ1) is 9.11. The number of guanidine groups is 2. The average molecular weight is 301 g/mol. The number of hydrogen-bond acceptors (Lipinski definition) is 4. The van der Waals surface area contributed by atoms with Crippen LogP contribution in [0.3, 0.4) is 0 Å². The fourth-order valence-electron chi connectivity index (χ4n) is 1.23. The summed E-state index contributed by atoms with van der Waals surface area (Å²) in [7, 11) is -4.51. The molecule has 8 N–H and O–H groups in total. The molecule has 0 saturated carbocycles. The number of nitrogens with two attached hydrogens (primary N) is 3. The minimum absolute atomic E-state index is 0.324. The summed E-state index contributed by atoms with van der Waals surface area (Å²) in [4.78, 5) is 17.4. The number of carbonyl (C=O) groups is 1. The SMILES string of the molecule is NC(N)=NC(N)=Nc1cc(S(=O)(=O)O)ccc1C(=O)O. The molecule has 10 nitrogen and oxygen atoms in total. The predicted octanol–water partition coefficient (Wildman–Crippen LogP) is -1.15. The van der Waals surface area contributed by atoms with Crippen LogP contribution in [0.2, 0.25) is 0 Å². The van der Waals surface area contributed by atoms with Gasteiger partial charge in [-0.05, 0) is 18.2 Å². The number of aliphatic imine (C=N–C) groups is 2. The van der Waals surface area contributed by atoms with Gasteiger partial charge in [0, 0.05) is 0 Å². The van der Waals surface area contributed by atoms with Crippen molar-refractivity contribution in [2.75, 3.05) is 0 Å². The van der Waals surface area contributed by atoms with E-state index in [0.29, 0.717) is 0 Å². The maximum Gasteiger partial charge on any atom is 0.337 e. The number of aromatic carboxylic acids is 1. The second-order valence-corrected chi connectivity index (χ2v) is 4.89. The lowest BCUT2D eigenvalue weighted by Crippen LogP contribution is -2.26. The molecule has 0 atom stereocenters. The van der Waals surface area contributed by atoms with Gasteiger partial charge in [-0.3, -0.25) is 4.55 Å². The first kappa shape index (κ1) is 15.4. The number of hydrogen-bond donors (Lipinski definition) is 5. The van der Waals surface area contributed by atoms with E-state index in [9.17, 15) is 13.2 Å². The Balaban J connectivity index is 3.49. The lowest BCUT2D eigenvalue weighted by Gasteiger charge is -2.04. The molecular formula is C9H11N5O5S. The second-order valence-electron chi connectivity index (χ2n) is 3.47. The third-order valence-electron chi connectivity index (χ3n) is 1.98. The van der Waals surface area contributed by atoms with E-state index in [1.165, 1.54) is 0 Å². The molecule has 1 rings (SSSR count). The molecule has 0 radical (unpaired) electrons. The number of benzene rings is 1. The molecule has 0 aliphatic heterocycles. The lowest BCUT2D eigenvalue weighted by molar-refractivity contribution is 0.0697. The molecule has 0 aliphatic rings. The standard InChI is InChI=1S/C9H11N5O5S/c10-8(11)14-9(12)13-6-3-4(20(17,18)19)1-2-5(6)7(15)16/h1-3H,(H,15,16)(H,17,18,19)(H6,10,11,12,13,14). The summed E-state index contributed by atoms with van der Waals surface area (Å²) < 4.78 is 30.9. The van der Waals surface area contributed by atoms with Crippen LogP contribution in [0.4, 0.5) is 5.69 Å². The molecule has 0 saturated heterocycles. The summed E-state index contributed by atoms with van der Waals surface area (Å²) >= 11 is 0. The van der Waals surface area contributed by atoms with Gasteiger partial charge in [-0.25, -0.2) is 9.79 Å². The molecule has 0 spiro atoms. The number of carboxylic acid groups (broad SMARTS) is 1. The molecule has 1 aromatic rings. The van der Waals surface area contributed by atoms with Gasteiger partial charge in [0.15, 0.2) is 5.96 Å². The maximum absolute atomic E-state index is 11.0. The number of carboxylic acids is 1. The van der Waals surface area contributed by atoms with Gasteiger partial charge in [0.1, 0.15) is 0 Å². The molecule has 1 aromatic carbocycles. The zero-order valence-corrected chi connectivity index (χ0v) is 10.7. The molecule has 0 bridgehead atoms. The second kappa shape index (κ2) is 5.54. The highest BCUT2D eigenvalue weighted by molar-refractivity contribution is 7.85. The Bertz CT molecular complexity index is 705. The molecule has 108 valence electrons. The Morgan fingerprint density at radius 2 is 1.80 bits per heavy atom. The van der Waals surface area contributed by atoms with Crippen LogP contribution >= 0.6 is 0 Å². The third-order valence-corrected chi connectivity index (χ3v) is 2.83. The Hall–Kier alpha value is -2.66. The molecule has 0 unspecified atom stereocenters. The minimum atomic E-state index is -4.51. The summed E-state index contributed by atoms with van der Waals surface area (Å²) in [6, 6.07) is 2.69. The van der Waals surface area contributed by atoms with E-state index in [1.807, 2.05) is 0 Å². The van der Waals surface area contributed by atoms with Crippen molar-refractivity contribution in [3.63, 3.8) is 0 Å². The van der Waals surface area contributed by atoms with Gasteiger partial charge >= 0.3 is 5.97 Å². The summed E-state index contributed by atoms with van der Waals surface area (Å²) in [6.07, 6.45) is 0. The molecule has 0 fully saturated rings. The average Bonchev–Trinajstić information content (AvgIpc) is 2.25. The van der Waals surface area contributed by atoms with Crippen molar-refractivity contribution < 1.29 is 22.9 Å². The van der Waals surface area contributed by atoms with Crippen LogP contribution in [0.1, 0.15) is 10.4 Å². The third kappa shape index (κ3) is 3.93. The van der Waals surface area contributed by atoms with Crippen LogP contribution in [-0.2, 0) is 10.1 Å². The monoisotopic (exact) mass is 301 g/mol. The Kier molecular flexibility index (Phi) is 4.27. The summed E-state index contributed by atoms with van der Waals surface area (Å²) in [5.41, 5.74) is 14.8. The normalized spacial score (nSPS) is 11.9. The zero-order chi connectivity index (χ0) is 15.5. The number of rotatable bonds is 3.